The second-order valence-electron chi connectivity index (χ2n) is 5.58. The van der Waals surface area contributed by atoms with Gasteiger partial charge in [-0.3, -0.25) is 0 Å². The predicted molar refractivity (Wildman–Crippen MR) is 93.8 cm³/mol. The molecular weight excluding hydrogens is 324 g/mol. The Balaban J connectivity index is 1.72. The number of hydrogen-bond donors (Lipinski definition) is 0. The molecule has 0 aliphatic carbocycles. The highest BCUT2D eigenvalue weighted by Crippen LogP contribution is 2.31. The molecule has 0 saturated heterocycles. The Morgan fingerprint density at radius 2 is 1.92 bits per heavy atom. The number of ether oxygens (including phenoxy) is 1. The van der Waals surface area contributed by atoms with Crippen molar-refractivity contribution in [1.29, 1.82) is 0 Å². The summed E-state index contributed by atoms with van der Waals surface area (Å²) in [5, 5.41) is 2.25. The van der Waals surface area contributed by atoms with Gasteiger partial charge >= 0.3 is 5.97 Å². The largest absolute Gasteiger partial charge is 0.421 e. The van der Waals surface area contributed by atoms with Crippen LogP contribution in [0.2, 0.25) is 5.02 Å². The molecule has 4 rings (SSSR count). The quantitative estimate of drug-likeness (QED) is 0.394. The Kier molecular flexibility index (Phi) is 3.47. The Bertz CT molecular complexity index is 1090. The molecule has 0 unspecified atom stereocenters. The molecule has 2 heterocycles. The third kappa shape index (κ3) is 2.51. The van der Waals surface area contributed by atoms with Crippen molar-refractivity contribution in [3.8, 4) is 5.75 Å². The van der Waals surface area contributed by atoms with Crippen LogP contribution >= 0.6 is 11.6 Å². The van der Waals surface area contributed by atoms with Crippen molar-refractivity contribution in [2.75, 3.05) is 0 Å². The SMILES string of the molecule is Cc1ccn2cc(C(=O)Oc3ccc(Cl)c4ccccc34)nc2c1. The second kappa shape index (κ2) is 5.65. The van der Waals surface area contributed by atoms with Crippen LogP contribution in [-0.4, -0.2) is 15.4 Å². The maximum absolute atomic E-state index is 12.5. The third-order valence-electron chi connectivity index (χ3n) is 3.86. The van der Waals surface area contributed by atoms with Crippen molar-refractivity contribution >= 4 is 34.0 Å². The van der Waals surface area contributed by atoms with E-state index >= 15 is 0 Å². The van der Waals surface area contributed by atoms with E-state index in [1.807, 2.05) is 49.5 Å². The molecule has 0 aliphatic heterocycles. The normalized spacial score (nSPS) is 11.1. The summed E-state index contributed by atoms with van der Waals surface area (Å²) < 4.78 is 7.35. The standard InChI is InChI=1S/C19H13ClN2O2/c1-12-8-9-22-11-16(21-18(22)10-12)19(23)24-17-7-6-15(20)13-4-2-3-5-14(13)17/h2-11H,1H3. The molecule has 0 amide bonds. The van der Waals surface area contributed by atoms with Crippen molar-refractivity contribution in [2.45, 2.75) is 6.92 Å². The summed E-state index contributed by atoms with van der Waals surface area (Å²) in [6.45, 7) is 1.98. The van der Waals surface area contributed by atoms with E-state index in [0.29, 0.717) is 16.4 Å². The van der Waals surface area contributed by atoms with Crippen LogP contribution in [-0.2, 0) is 0 Å². The minimum Gasteiger partial charge on any atom is -0.421 e. The number of aromatic nitrogens is 2. The Labute approximate surface area is 143 Å². The molecule has 0 N–H and O–H groups in total. The average Bonchev–Trinajstić information content (AvgIpc) is 3.01. The summed E-state index contributed by atoms with van der Waals surface area (Å²) in [5.74, 6) is -0.0305. The van der Waals surface area contributed by atoms with Gasteiger partial charge in [-0.05, 0) is 36.8 Å². The zero-order chi connectivity index (χ0) is 16.7. The maximum Gasteiger partial charge on any atom is 0.363 e. The number of carbonyl (C=O) groups is 1. The molecule has 0 radical (unpaired) electrons. The number of esters is 1. The molecule has 0 saturated carbocycles. The molecule has 2 aromatic heterocycles. The Morgan fingerprint density at radius 1 is 1.12 bits per heavy atom. The summed E-state index contributed by atoms with van der Waals surface area (Å²) in [5.41, 5.74) is 2.05. The van der Waals surface area contributed by atoms with Gasteiger partial charge in [0, 0.05) is 28.2 Å². The van der Waals surface area contributed by atoms with Crippen LogP contribution < -0.4 is 4.74 Å². The molecule has 4 aromatic rings. The van der Waals surface area contributed by atoms with Crippen LogP contribution in [0, 0.1) is 6.92 Å². The minimum atomic E-state index is -0.496. The number of carbonyl (C=O) groups excluding carboxylic acids is 1. The molecule has 24 heavy (non-hydrogen) atoms. The van der Waals surface area contributed by atoms with Gasteiger partial charge in [0.15, 0.2) is 5.69 Å². The van der Waals surface area contributed by atoms with Crippen LogP contribution in [0.15, 0.2) is 60.9 Å². The first-order valence-corrected chi connectivity index (χ1v) is 7.84. The van der Waals surface area contributed by atoms with Crippen LogP contribution in [0.1, 0.15) is 16.1 Å². The Morgan fingerprint density at radius 3 is 2.75 bits per heavy atom. The van der Waals surface area contributed by atoms with Crippen molar-refractivity contribution in [3.63, 3.8) is 0 Å². The predicted octanol–water partition coefficient (Wildman–Crippen LogP) is 4.67. The van der Waals surface area contributed by atoms with Gasteiger partial charge in [-0.15, -0.1) is 0 Å². The van der Waals surface area contributed by atoms with Crippen molar-refractivity contribution in [3.05, 3.63) is 77.2 Å². The lowest BCUT2D eigenvalue weighted by Crippen LogP contribution is -2.09. The molecule has 0 spiro atoms. The number of nitrogens with zero attached hydrogens (tertiary/aromatic N) is 2. The second-order valence-corrected chi connectivity index (χ2v) is 5.98. The van der Waals surface area contributed by atoms with Gasteiger partial charge in [0.1, 0.15) is 11.4 Å². The first-order valence-electron chi connectivity index (χ1n) is 7.46. The fraction of sp³-hybridized carbons (Fsp3) is 0.0526. The summed E-state index contributed by atoms with van der Waals surface area (Å²) in [6, 6.07) is 14.8. The van der Waals surface area contributed by atoms with E-state index in [2.05, 4.69) is 4.98 Å². The van der Waals surface area contributed by atoms with Gasteiger partial charge in [-0.2, -0.15) is 0 Å². The van der Waals surface area contributed by atoms with E-state index in [4.69, 9.17) is 16.3 Å². The highest BCUT2D eigenvalue weighted by Gasteiger charge is 2.15. The molecule has 5 heteroatoms. The lowest BCUT2D eigenvalue weighted by molar-refractivity contribution is 0.0731. The highest BCUT2D eigenvalue weighted by atomic mass is 35.5. The smallest absolute Gasteiger partial charge is 0.363 e. The van der Waals surface area contributed by atoms with Gasteiger partial charge in [0.25, 0.3) is 0 Å². The van der Waals surface area contributed by atoms with E-state index in [1.165, 1.54) is 0 Å². The first kappa shape index (κ1) is 14.7. The van der Waals surface area contributed by atoms with Crippen molar-refractivity contribution in [1.82, 2.24) is 9.38 Å². The zero-order valence-corrected chi connectivity index (χ0v) is 13.6. The van der Waals surface area contributed by atoms with Gasteiger partial charge in [-0.25, -0.2) is 9.78 Å². The summed E-state index contributed by atoms with van der Waals surface area (Å²) in [4.78, 5) is 16.8. The number of halogens is 1. The fourth-order valence-corrected chi connectivity index (χ4v) is 2.89. The summed E-state index contributed by atoms with van der Waals surface area (Å²) in [7, 11) is 0. The minimum absolute atomic E-state index is 0.264. The molecule has 4 nitrogen and oxygen atoms in total. The van der Waals surface area contributed by atoms with Gasteiger partial charge in [0.2, 0.25) is 0 Å². The van der Waals surface area contributed by atoms with E-state index in [0.717, 1.165) is 16.3 Å². The fourth-order valence-electron chi connectivity index (χ4n) is 2.66. The topological polar surface area (TPSA) is 43.6 Å². The number of imidazole rings is 1. The zero-order valence-electron chi connectivity index (χ0n) is 12.9. The molecule has 2 aromatic carbocycles. The van der Waals surface area contributed by atoms with Gasteiger partial charge in [0.05, 0.1) is 0 Å². The number of aryl methyl sites for hydroxylation is 1. The number of rotatable bonds is 2. The average molecular weight is 337 g/mol. The lowest BCUT2D eigenvalue weighted by atomic mass is 10.1. The number of hydrogen-bond acceptors (Lipinski definition) is 3. The molecule has 0 atom stereocenters. The monoisotopic (exact) mass is 336 g/mol. The molecule has 0 fully saturated rings. The highest BCUT2D eigenvalue weighted by molar-refractivity contribution is 6.35. The van der Waals surface area contributed by atoms with E-state index in [1.54, 1.807) is 22.7 Å². The number of fused-ring (bicyclic) bond motifs is 2. The third-order valence-corrected chi connectivity index (χ3v) is 4.19. The molecular formula is C19H13ClN2O2. The maximum atomic E-state index is 12.5. The van der Waals surface area contributed by atoms with Gasteiger partial charge < -0.3 is 9.14 Å². The van der Waals surface area contributed by atoms with Crippen LogP contribution in [0.25, 0.3) is 16.4 Å². The van der Waals surface area contributed by atoms with E-state index < -0.39 is 5.97 Å². The number of pyridine rings is 1. The first-order chi connectivity index (χ1) is 11.6. The van der Waals surface area contributed by atoms with Crippen molar-refractivity contribution in [2.24, 2.45) is 0 Å². The number of benzene rings is 2. The lowest BCUT2D eigenvalue weighted by Gasteiger charge is -2.07. The van der Waals surface area contributed by atoms with Crippen LogP contribution in [0.3, 0.4) is 0 Å². The molecule has 0 aliphatic rings. The Hall–Kier alpha value is -2.85. The van der Waals surface area contributed by atoms with Gasteiger partial charge in [-0.1, -0.05) is 35.9 Å². The summed E-state index contributed by atoms with van der Waals surface area (Å²) >= 11 is 6.19. The van der Waals surface area contributed by atoms with Crippen molar-refractivity contribution < 1.29 is 9.53 Å². The van der Waals surface area contributed by atoms with E-state index in [-0.39, 0.29) is 5.69 Å². The van der Waals surface area contributed by atoms with E-state index in [9.17, 15) is 4.79 Å². The van der Waals surface area contributed by atoms with Crippen LogP contribution in [0.4, 0.5) is 0 Å². The summed E-state index contributed by atoms with van der Waals surface area (Å²) in [6.07, 6.45) is 3.53. The van der Waals surface area contributed by atoms with Crippen LogP contribution in [0.5, 0.6) is 5.75 Å². The molecule has 0 bridgehead atoms. The molecule has 118 valence electrons.